The molecule has 2 rings (SSSR count). The van der Waals surface area contributed by atoms with Gasteiger partial charge in [0.2, 0.25) is 10.5 Å². The summed E-state index contributed by atoms with van der Waals surface area (Å²) in [6.07, 6.45) is 6.20. The molecule has 0 aliphatic heterocycles. The molecule has 0 fully saturated rings. The van der Waals surface area contributed by atoms with E-state index in [0.29, 0.717) is 5.88 Å². The van der Waals surface area contributed by atoms with Crippen LogP contribution in [0.15, 0.2) is 45.2 Å². The molecule has 18 heavy (non-hydrogen) atoms. The molecule has 8 heteroatoms. The van der Waals surface area contributed by atoms with Gasteiger partial charge in [-0.2, -0.15) is 4.57 Å². The van der Waals surface area contributed by atoms with Crippen LogP contribution in [0.25, 0.3) is 5.88 Å². The molecular weight excluding hydrogens is 299 g/mol. The van der Waals surface area contributed by atoms with Crippen LogP contribution in [-0.4, -0.2) is 16.3 Å². The maximum absolute atomic E-state index is 11.2. The lowest BCUT2D eigenvalue weighted by Crippen LogP contribution is -3.00. The summed E-state index contributed by atoms with van der Waals surface area (Å²) < 4.78 is 6.62. The number of hydrogen-bond acceptors (Lipinski definition) is 5. The third-order valence-corrected chi connectivity index (χ3v) is 2.61. The largest absolute Gasteiger partial charge is 1.00 e. The van der Waals surface area contributed by atoms with Crippen molar-refractivity contribution < 1.29 is 26.5 Å². The van der Waals surface area contributed by atoms with Crippen molar-refractivity contribution in [1.29, 1.82) is 0 Å². The SMILES string of the molecule is CSc1cc[n+](-c2cc(=O)c(O)co2)cn1.Cl.[Cl-]. The summed E-state index contributed by atoms with van der Waals surface area (Å²) in [5.41, 5.74) is -0.484. The van der Waals surface area contributed by atoms with Crippen LogP contribution in [0, 0.1) is 0 Å². The quantitative estimate of drug-likeness (QED) is 0.401. The highest BCUT2D eigenvalue weighted by Gasteiger charge is 2.09. The Morgan fingerprint density at radius 2 is 2.22 bits per heavy atom. The Labute approximate surface area is 120 Å². The summed E-state index contributed by atoms with van der Waals surface area (Å²) in [6, 6.07) is 3.01. The van der Waals surface area contributed by atoms with Crippen LogP contribution in [0.4, 0.5) is 0 Å². The first-order valence-electron chi connectivity index (χ1n) is 4.44. The second kappa shape index (κ2) is 7.25. The van der Waals surface area contributed by atoms with Crippen molar-refractivity contribution in [3.8, 4) is 11.6 Å². The Hall–Kier alpha value is -1.24. The van der Waals surface area contributed by atoms with Crippen LogP contribution < -0.4 is 22.4 Å². The zero-order valence-corrected chi connectivity index (χ0v) is 11.6. The zero-order chi connectivity index (χ0) is 11.5. The standard InChI is InChI=1S/C10H8N2O3S.2ClH/c1-16-9-2-3-12(6-11-9)10-4-7(13)8(14)5-15-10;;/h2-6H,1H3;2*1H. The third-order valence-electron chi connectivity index (χ3n) is 1.95. The van der Waals surface area contributed by atoms with Gasteiger partial charge in [0.05, 0.1) is 6.07 Å². The molecule has 98 valence electrons. The normalized spacial score (nSPS) is 9.17. The summed E-state index contributed by atoms with van der Waals surface area (Å²) >= 11 is 1.52. The predicted molar refractivity (Wildman–Crippen MR) is 65.0 cm³/mol. The van der Waals surface area contributed by atoms with E-state index in [-0.39, 0.29) is 24.8 Å². The van der Waals surface area contributed by atoms with Gasteiger partial charge < -0.3 is 21.9 Å². The molecule has 2 aromatic heterocycles. The molecule has 2 aromatic rings. The summed E-state index contributed by atoms with van der Waals surface area (Å²) in [4.78, 5) is 15.3. The fourth-order valence-electron chi connectivity index (χ4n) is 1.13. The van der Waals surface area contributed by atoms with Crippen LogP contribution in [0.1, 0.15) is 0 Å². The maximum atomic E-state index is 11.2. The van der Waals surface area contributed by atoms with Crippen LogP contribution in [-0.2, 0) is 0 Å². The molecule has 0 atom stereocenters. The van der Waals surface area contributed by atoms with Gasteiger partial charge in [-0.1, -0.05) is 11.8 Å². The summed E-state index contributed by atoms with van der Waals surface area (Å²) in [7, 11) is 0. The van der Waals surface area contributed by atoms with Crippen LogP contribution in [0.3, 0.4) is 0 Å². The Balaban J connectivity index is 0.00000144. The second-order valence-electron chi connectivity index (χ2n) is 2.98. The molecule has 0 saturated carbocycles. The van der Waals surface area contributed by atoms with Crippen molar-refractivity contribution in [2.24, 2.45) is 0 Å². The lowest BCUT2D eigenvalue weighted by atomic mass is 10.4. The Bertz CT molecular complexity index is 560. The van der Waals surface area contributed by atoms with Gasteiger partial charge in [-0.15, -0.1) is 12.4 Å². The van der Waals surface area contributed by atoms with Crippen molar-refractivity contribution in [1.82, 2.24) is 4.98 Å². The Morgan fingerprint density at radius 3 is 2.72 bits per heavy atom. The predicted octanol–water partition coefficient (Wildman–Crippen LogP) is -1.84. The van der Waals surface area contributed by atoms with Crippen molar-refractivity contribution >= 4 is 24.2 Å². The average Bonchev–Trinajstić information content (AvgIpc) is 2.33. The molecule has 0 radical (unpaired) electrons. The second-order valence-corrected chi connectivity index (χ2v) is 3.80. The minimum Gasteiger partial charge on any atom is -1.00 e. The van der Waals surface area contributed by atoms with E-state index in [1.54, 1.807) is 23.2 Å². The lowest BCUT2D eigenvalue weighted by molar-refractivity contribution is -0.613. The maximum Gasteiger partial charge on any atom is 0.297 e. The zero-order valence-electron chi connectivity index (χ0n) is 9.24. The molecule has 0 bridgehead atoms. The van der Waals surface area contributed by atoms with E-state index >= 15 is 0 Å². The van der Waals surface area contributed by atoms with E-state index in [4.69, 9.17) is 9.52 Å². The number of thioether (sulfide) groups is 1. The highest BCUT2D eigenvalue weighted by Crippen LogP contribution is 2.08. The molecule has 0 aliphatic carbocycles. The summed E-state index contributed by atoms with van der Waals surface area (Å²) in [5, 5.41) is 9.91. The molecule has 0 saturated heterocycles. The van der Waals surface area contributed by atoms with Crippen molar-refractivity contribution in [3.05, 3.63) is 41.1 Å². The van der Waals surface area contributed by atoms with Crippen molar-refractivity contribution in [2.45, 2.75) is 5.03 Å². The first-order valence-corrected chi connectivity index (χ1v) is 5.66. The monoisotopic (exact) mass is 308 g/mol. The summed E-state index contributed by atoms with van der Waals surface area (Å²) in [5.74, 6) is -0.0963. The van der Waals surface area contributed by atoms with Gasteiger partial charge in [-0.05, 0) is 11.2 Å². The lowest BCUT2D eigenvalue weighted by Gasteiger charge is -1.96. The van der Waals surface area contributed by atoms with Gasteiger partial charge >= 0.3 is 0 Å². The average molecular weight is 309 g/mol. The Kier molecular flexibility index (Phi) is 6.75. The summed E-state index contributed by atoms with van der Waals surface area (Å²) in [6.45, 7) is 0. The third kappa shape index (κ3) is 3.63. The van der Waals surface area contributed by atoms with E-state index in [1.807, 2.05) is 6.26 Å². The van der Waals surface area contributed by atoms with E-state index in [9.17, 15) is 4.79 Å². The van der Waals surface area contributed by atoms with Gasteiger partial charge in [-0.3, -0.25) is 4.79 Å². The highest BCUT2D eigenvalue weighted by molar-refractivity contribution is 7.98. The molecule has 0 aromatic carbocycles. The van der Waals surface area contributed by atoms with E-state index in [2.05, 4.69) is 4.98 Å². The topological polar surface area (TPSA) is 67.2 Å². The van der Waals surface area contributed by atoms with E-state index < -0.39 is 11.2 Å². The van der Waals surface area contributed by atoms with Gasteiger partial charge in [0.15, 0.2) is 5.75 Å². The van der Waals surface area contributed by atoms with Crippen LogP contribution in [0.2, 0.25) is 0 Å². The van der Waals surface area contributed by atoms with Gasteiger partial charge in [0, 0.05) is 6.07 Å². The molecule has 0 spiro atoms. The van der Waals surface area contributed by atoms with Crippen molar-refractivity contribution in [2.75, 3.05) is 6.26 Å². The number of aromatic nitrogens is 2. The van der Waals surface area contributed by atoms with Gasteiger partial charge in [0.1, 0.15) is 12.5 Å². The smallest absolute Gasteiger partial charge is 0.297 e. The number of hydrogen-bond donors (Lipinski definition) is 1. The number of rotatable bonds is 2. The first kappa shape index (κ1) is 16.8. The van der Waals surface area contributed by atoms with Crippen LogP contribution in [0.5, 0.6) is 5.75 Å². The number of aromatic hydroxyl groups is 1. The van der Waals surface area contributed by atoms with Crippen molar-refractivity contribution in [3.63, 3.8) is 0 Å². The fourth-order valence-corrected chi connectivity index (χ4v) is 1.48. The highest BCUT2D eigenvalue weighted by atomic mass is 35.5. The van der Waals surface area contributed by atoms with E-state index in [1.165, 1.54) is 17.8 Å². The number of nitrogens with zero attached hydrogens (tertiary/aromatic N) is 2. The first-order chi connectivity index (χ1) is 7.70. The van der Waals surface area contributed by atoms with Gasteiger partial charge in [-0.25, -0.2) is 0 Å². The molecule has 2 heterocycles. The number of halogens is 2. The minimum absolute atomic E-state index is 0. The molecule has 5 nitrogen and oxygen atoms in total. The molecule has 0 amide bonds. The Morgan fingerprint density at radius 1 is 1.50 bits per heavy atom. The fraction of sp³-hybridized carbons (Fsp3) is 0.100. The molecule has 0 aliphatic rings. The molecular formula is C10H10Cl2N2O3S. The minimum atomic E-state index is -0.484. The van der Waals surface area contributed by atoms with E-state index in [0.717, 1.165) is 11.3 Å². The molecule has 0 unspecified atom stereocenters. The molecule has 1 N–H and O–H groups in total. The van der Waals surface area contributed by atoms with Gasteiger partial charge in [0.25, 0.3) is 12.2 Å². The van der Waals surface area contributed by atoms with Crippen LogP contribution >= 0.6 is 24.2 Å².